The van der Waals surface area contributed by atoms with Crippen LogP contribution in [-0.2, 0) is 9.53 Å². The molecule has 1 atom stereocenters. The summed E-state index contributed by atoms with van der Waals surface area (Å²) >= 11 is 0. The molecule has 1 unspecified atom stereocenters. The third-order valence-electron chi connectivity index (χ3n) is 2.71. The van der Waals surface area contributed by atoms with Crippen molar-refractivity contribution >= 4 is 11.6 Å². The lowest BCUT2D eigenvalue weighted by molar-refractivity contribution is -0.119. The number of hydrogen-bond donors (Lipinski definition) is 0. The van der Waals surface area contributed by atoms with Crippen LogP contribution in [0, 0.1) is 5.82 Å². The van der Waals surface area contributed by atoms with E-state index >= 15 is 0 Å². The van der Waals surface area contributed by atoms with E-state index in [0.29, 0.717) is 18.4 Å². The van der Waals surface area contributed by atoms with Gasteiger partial charge in [-0.3, -0.25) is 9.59 Å². The van der Waals surface area contributed by atoms with Gasteiger partial charge in [0.05, 0.1) is 6.10 Å². The Morgan fingerprint density at radius 2 is 1.84 bits per heavy atom. The predicted octanol–water partition coefficient (Wildman–Crippen LogP) is 3.42. The number of carbonyl (C=O) groups is 2. The smallest absolute Gasteiger partial charge is 0.162 e. The number of ketones is 2. The molecular formula is C15H21FO3. The maximum atomic E-state index is 12.7. The molecule has 0 amide bonds. The number of carbonyl (C=O) groups excluding carboxylic acids is 2. The number of hydrogen-bond acceptors (Lipinski definition) is 3. The zero-order valence-electron chi connectivity index (χ0n) is 10.6. The van der Waals surface area contributed by atoms with E-state index in [1.54, 1.807) is 0 Å². The molecule has 0 aromatic heterocycles. The highest BCUT2D eigenvalue weighted by molar-refractivity contribution is 5.96. The summed E-state index contributed by atoms with van der Waals surface area (Å²) < 4.78 is 17.8. The van der Waals surface area contributed by atoms with Crippen molar-refractivity contribution < 1.29 is 18.7 Å². The normalized spacial score (nSPS) is 11.5. The van der Waals surface area contributed by atoms with Crippen LogP contribution in [0.2, 0.25) is 0 Å². The average Bonchev–Trinajstić information content (AvgIpc) is 2.34. The molecule has 1 rings (SSSR count). The predicted molar refractivity (Wildman–Crippen MR) is 72.8 cm³/mol. The van der Waals surface area contributed by atoms with Gasteiger partial charge in [-0.25, -0.2) is 4.39 Å². The van der Waals surface area contributed by atoms with E-state index in [-0.39, 0.29) is 37.3 Å². The summed E-state index contributed by atoms with van der Waals surface area (Å²) in [5.41, 5.74) is 0.481. The summed E-state index contributed by atoms with van der Waals surface area (Å²) in [5, 5.41) is 0. The molecule has 0 aliphatic heterocycles. The summed E-state index contributed by atoms with van der Waals surface area (Å²) in [6.07, 6.45) is 0.864. The van der Waals surface area contributed by atoms with Gasteiger partial charge in [-0.2, -0.15) is 0 Å². The molecule has 0 aliphatic rings. The molecular weight excluding hydrogens is 247 g/mol. The summed E-state index contributed by atoms with van der Waals surface area (Å²) in [6.45, 7) is 1.49. The minimum atomic E-state index is -0.363. The van der Waals surface area contributed by atoms with Gasteiger partial charge < -0.3 is 4.74 Å². The molecule has 0 aliphatic carbocycles. The van der Waals surface area contributed by atoms with Gasteiger partial charge in [0, 0.05) is 25.5 Å². The lowest BCUT2D eigenvalue weighted by Crippen LogP contribution is -2.16. The Labute approximate surface area is 113 Å². The number of methoxy groups -OCH3 is 1. The van der Waals surface area contributed by atoms with E-state index < -0.39 is 0 Å². The Morgan fingerprint density at radius 1 is 1.26 bits per heavy atom. The van der Waals surface area contributed by atoms with Crippen LogP contribution in [0.1, 0.15) is 44.0 Å². The summed E-state index contributed by atoms with van der Waals surface area (Å²) in [7, 11) is 1.52. The molecule has 1 aromatic rings. The van der Waals surface area contributed by atoms with Gasteiger partial charge in [-0.05, 0) is 37.6 Å². The molecule has 0 heterocycles. The van der Waals surface area contributed by atoms with E-state index in [0.717, 1.165) is 0 Å². The molecule has 0 bridgehead atoms. The van der Waals surface area contributed by atoms with Crippen LogP contribution < -0.4 is 0 Å². The lowest BCUT2D eigenvalue weighted by atomic mass is 10.0. The third kappa shape index (κ3) is 6.25. The van der Waals surface area contributed by atoms with Crippen LogP contribution in [0.5, 0.6) is 0 Å². The first-order valence-corrected chi connectivity index (χ1v) is 5.84. The maximum Gasteiger partial charge on any atom is 0.162 e. The molecule has 19 heavy (non-hydrogen) atoms. The van der Waals surface area contributed by atoms with E-state index in [1.807, 2.05) is 0 Å². The molecule has 4 heteroatoms. The minimum absolute atomic E-state index is 0. The molecule has 0 radical (unpaired) electrons. The molecule has 0 saturated heterocycles. The molecule has 0 saturated carbocycles. The number of rotatable bonds is 7. The van der Waals surface area contributed by atoms with Crippen molar-refractivity contribution in [2.75, 3.05) is 7.11 Å². The van der Waals surface area contributed by atoms with Gasteiger partial charge in [0.2, 0.25) is 0 Å². The van der Waals surface area contributed by atoms with Crippen molar-refractivity contribution in [3.63, 3.8) is 0 Å². The van der Waals surface area contributed by atoms with Crippen LogP contribution in [0.4, 0.5) is 4.39 Å². The Morgan fingerprint density at radius 3 is 2.32 bits per heavy atom. The SMILES string of the molecule is C.COC(CCC(=O)c1ccc(F)cc1)CC(C)=O. The second kappa shape index (κ2) is 8.53. The van der Waals surface area contributed by atoms with Gasteiger partial charge in [0.25, 0.3) is 0 Å². The van der Waals surface area contributed by atoms with Gasteiger partial charge >= 0.3 is 0 Å². The first kappa shape index (κ1) is 17.4. The Kier molecular flexibility index (Phi) is 7.84. The van der Waals surface area contributed by atoms with Crippen molar-refractivity contribution in [3.8, 4) is 0 Å². The number of Topliss-reactive ketones (excluding diaryl/α,β-unsaturated/α-hetero) is 2. The van der Waals surface area contributed by atoms with Gasteiger partial charge in [-0.1, -0.05) is 7.43 Å². The average molecular weight is 268 g/mol. The zero-order chi connectivity index (χ0) is 13.5. The molecule has 1 aromatic carbocycles. The molecule has 3 nitrogen and oxygen atoms in total. The highest BCUT2D eigenvalue weighted by atomic mass is 19.1. The minimum Gasteiger partial charge on any atom is -0.381 e. The van der Waals surface area contributed by atoms with Crippen molar-refractivity contribution in [1.29, 1.82) is 0 Å². The standard InChI is InChI=1S/C14H17FO3.CH4/c1-10(16)9-13(18-2)7-8-14(17)11-3-5-12(15)6-4-11;/h3-6,13H,7-9H2,1-2H3;1H4. The molecule has 0 fully saturated rings. The fourth-order valence-corrected chi connectivity index (χ4v) is 1.70. The van der Waals surface area contributed by atoms with Crippen molar-refractivity contribution in [2.45, 2.75) is 39.7 Å². The summed E-state index contributed by atoms with van der Waals surface area (Å²) in [6, 6.07) is 5.45. The summed E-state index contributed by atoms with van der Waals surface area (Å²) in [5.74, 6) is -0.394. The fourth-order valence-electron chi connectivity index (χ4n) is 1.70. The van der Waals surface area contributed by atoms with Crippen LogP contribution in [0.3, 0.4) is 0 Å². The van der Waals surface area contributed by atoms with Crippen molar-refractivity contribution in [2.24, 2.45) is 0 Å². The topological polar surface area (TPSA) is 43.4 Å². The van der Waals surface area contributed by atoms with Crippen molar-refractivity contribution in [1.82, 2.24) is 0 Å². The molecule has 106 valence electrons. The second-order valence-corrected chi connectivity index (χ2v) is 4.23. The summed E-state index contributed by atoms with van der Waals surface area (Å²) in [4.78, 5) is 22.8. The lowest BCUT2D eigenvalue weighted by Gasteiger charge is -2.12. The van der Waals surface area contributed by atoms with E-state index in [1.165, 1.54) is 38.3 Å². The molecule has 0 N–H and O–H groups in total. The van der Waals surface area contributed by atoms with Crippen LogP contribution in [0.15, 0.2) is 24.3 Å². The first-order valence-electron chi connectivity index (χ1n) is 5.84. The second-order valence-electron chi connectivity index (χ2n) is 4.23. The van der Waals surface area contributed by atoms with Crippen LogP contribution in [0.25, 0.3) is 0 Å². The Hall–Kier alpha value is -1.55. The van der Waals surface area contributed by atoms with Crippen LogP contribution in [-0.4, -0.2) is 24.8 Å². The number of halogens is 1. The third-order valence-corrected chi connectivity index (χ3v) is 2.71. The van der Waals surface area contributed by atoms with E-state index in [2.05, 4.69) is 0 Å². The zero-order valence-corrected chi connectivity index (χ0v) is 10.6. The van der Waals surface area contributed by atoms with Crippen molar-refractivity contribution in [3.05, 3.63) is 35.6 Å². The monoisotopic (exact) mass is 268 g/mol. The fraction of sp³-hybridized carbons (Fsp3) is 0.467. The maximum absolute atomic E-state index is 12.7. The number of benzene rings is 1. The van der Waals surface area contributed by atoms with E-state index in [9.17, 15) is 14.0 Å². The quantitative estimate of drug-likeness (QED) is 0.712. The Bertz CT molecular complexity index is 412. The highest BCUT2D eigenvalue weighted by Crippen LogP contribution is 2.12. The van der Waals surface area contributed by atoms with Gasteiger partial charge in [0.1, 0.15) is 11.6 Å². The van der Waals surface area contributed by atoms with Gasteiger partial charge in [-0.15, -0.1) is 0 Å². The van der Waals surface area contributed by atoms with Crippen LogP contribution >= 0.6 is 0 Å². The first-order chi connectivity index (χ1) is 8.52. The highest BCUT2D eigenvalue weighted by Gasteiger charge is 2.13. The van der Waals surface area contributed by atoms with Gasteiger partial charge in [0.15, 0.2) is 5.78 Å². The Balaban J connectivity index is 0.00000324. The molecule has 0 spiro atoms. The largest absolute Gasteiger partial charge is 0.381 e. The van der Waals surface area contributed by atoms with E-state index in [4.69, 9.17) is 4.74 Å². The number of ether oxygens (including phenoxy) is 1.